The Bertz CT molecular complexity index is 614. The fraction of sp³-hybridized carbons (Fsp3) is 0.0714. The number of hydrogen-bond acceptors (Lipinski definition) is 2. The zero-order chi connectivity index (χ0) is 13.8. The molecule has 98 valence electrons. The van der Waals surface area contributed by atoms with Crippen LogP contribution in [0.3, 0.4) is 0 Å². The van der Waals surface area contributed by atoms with Crippen molar-refractivity contribution in [2.45, 2.75) is 6.42 Å². The van der Waals surface area contributed by atoms with Crippen LogP contribution in [0.1, 0.15) is 5.56 Å². The number of phenols is 1. The van der Waals surface area contributed by atoms with Crippen LogP contribution in [0.25, 0.3) is 0 Å². The third-order valence-electron chi connectivity index (χ3n) is 2.54. The summed E-state index contributed by atoms with van der Waals surface area (Å²) in [7, 11) is 0. The Balaban J connectivity index is 2.08. The van der Waals surface area contributed by atoms with E-state index in [1.807, 2.05) is 6.07 Å². The number of carbonyl (C=O) groups is 1. The molecule has 0 atom stereocenters. The van der Waals surface area contributed by atoms with E-state index in [-0.39, 0.29) is 23.1 Å². The summed E-state index contributed by atoms with van der Waals surface area (Å²) in [5.74, 6) is -0.171. The van der Waals surface area contributed by atoms with Gasteiger partial charge in [-0.25, -0.2) is 0 Å². The number of aromatic hydroxyl groups is 1. The van der Waals surface area contributed by atoms with Crippen LogP contribution in [0.4, 0.5) is 5.69 Å². The largest absolute Gasteiger partial charge is 0.508 e. The van der Waals surface area contributed by atoms with Crippen molar-refractivity contribution >= 4 is 34.8 Å². The Morgan fingerprint density at radius 2 is 1.84 bits per heavy atom. The SMILES string of the molecule is O=C(Cc1ccccc1Cl)Nc1ccc(O)cc1Cl. The van der Waals surface area contributed by atoms with Crippen molar-refractivity contribution < 1.29 is 9.90 Å². The van der Waals surface area contributed by atoms with E-state index in [0.717, 1.165) is 5.56 Å². The summed E-state index contributed by atoms with van der Waals surface area (Å²) in [5, 5.41) is 12.7. The van der Waals surface area contributed by atoms with E-state index >= 15 is 0 Å². The van der Waals surface area contributed by atoms with Gasteiger partial charge in [-0.05, 0) is 23.8 Å². The van der Waals surface area contributed by atoms with Crippen LogP contribution in [0.15, 0.2) is 42.5 Å². The molecule has 2 rings (SSSR count). The number of amides is 1. The molecule has 0 saturated carbocycles. The molecule has 3 nitrogen and oxygen atoms in total. The van der Waals surface area contributed by atoms with Gasteiger partial charge in [-0.1, -0.05) is 41.4 Å². The van der Waals surface area contributed by atoms with Gasteiger partial charge in [0.2, 0.25) is 5.91 Å². The minimum absolute atomic E-state index is 0.0501. The molecule has 0 aliphatic rings. The van der Waals surface area contributed by atoms with Crippen LogP contribution < -0.4 is 5.32 Å². The number of phenolic OH excluding ortho intramolecular Hbond substituents is 1. The maximum atomic E-state index is 11.9. The van der Waals surface area contributed by atoms with Crippen molar-refractivity contribution in [1.29, 1.82) is 0 Å². The van der Waals surface area contributed by atoms with Gasteiger partial charge in [-0.15, -0.1) is 0 Å². The number of rotatable bonds is 3. The quantitative estimate of drug-likeness (QED) is 0.844. The van der Waals surface area contributed by atoms with E-state index in [4.69, 9.17) is 23.2 Å². The highest BCUT2D eigenvalue weighted by Crippen LogP contribution is 2.26. The third kappa shape index (κ3) is 3.63. The van der Waals surface area contributed by atoms with Gasteiger partial charge in [0.25, 0.3) is 0 Å². The Morgan fingerprint density at radius 3 is 2.53 bits per heavy atom. The second-order valence-electron chi connectivity index (χ2n) is 3.98. The first-order chi connectivity index (χ1) is 9.06. The standard InChI is InChI=1S/C14H11Cl2NO2/c15-11-4-2-1-3-9(11)7-14(19)17-13-6-5-10(18)8-12(13)16/h1-6,8,18H,7H2,(H,17,19). The molecule has 0 unspecified atom stereocenters. The molecule has 0 heterocycles. The zero-order valence-electron chi connectivity index (χ0n) is 9.86. The number of carbonyl (C=O) groups excluding carboxylic acids is 1. The van der Waals surface area contributed by atoms with Gasteiger partial charge in [0.15, 0.2) is 0 Å². The number of nitrogens with one attached hydrogen (secondary N) is 1. The van der Waals surface area contributed by atoms with Crippen molar-refractivity contribution in [3.63, 3.8) is 0 Å². The molecule has 1 amide bonds. The highest BCUT2D eigenvalue weighted by molar-refractivity contribution is 6.34. The maximum absolute atomic E-state index is 11.9. The predicted molar refractivity (Wildman–Crippen MR) is 76.9 cm³/mol. The van der Waals surface area contributed by atoms with Gasteiger partial charge in [0, 0.05) is 11.1 Å². The molecule has 0 aliphatic carbocycles. The summed E-state index contributed by atoms with van der Waals surface area (Å²) in [4.78, 5) is 11.9. The Hall–Kier alpha value is -1.71. The molecule has 2 aromatic rings. The number of halogens is 2. The molecule has 0 bridgehead atoms. The van der Waals surface area contributed by atoms with Crippen molar-refractivity contribution in [2.24, 2.45) is 0 Å². The van der Waals surface area contributed by atoms with Crippen LogP contribution in [0.2, 0.25) is 10.0 Å². The molecule has 5 heteroatoms. The monoisotopic (exact) mass is 295 g/mol. The average molecular weight is 296 g/mol. The topological polar surface area (TPSA) is 49.3 Å². The van der Waals surface area contributed by atoms with E-state index in [0.29, 0.717) is 10.7 Å². The smallest absolute Gasteiger partial charge is 0.228 e. The molecule has 0 aromatic heterocycles. The first-order valence-electron chi connectivity index (χ1n) is 5.58. The summed E-state index contributed by atoms with van der Waals surface area (Å²) >= 11 is 11.9. The Labute approximate surface area is 120 Å². The van der Waals surface area contributed by atoms with Crippen LogP contribution in [-0.4, -0.2) is 11.0 Å². The number of anilines is 1. The van der Waals surface area contributed by atoms with Gasteiger partial charge in [0.05, 0.1) is 17.1 Å². The van der Waals surface area contributed by atoms with Crippen LogP contribution in [-0.2, 0) is 11.2 Å². The van der Waals surface area contributed by atoms with Gasteiger partial charge in [0.1, 0.15) is 5.75 Å². The molecule has 2 aromatic carbocycles. The van der Waals surface area contributed by atoms with Crippen molar-refractivity contribution in [3.8, 4) is 5.75 Å². The number of hydrogen-bond donors (Lipinski definition) is 2. The molecular weight excluding hydrogens is 285 g/mol. The highest BCUT2D eigenvalue weighted by Gasteiger charge is 2.09. The molecule has 0 radical (unpaired) electrons. The molecule has 19 heavy (non-hydrogen) atoms. The molecule has 0 saturated heterocycles. The lowest BCUT2D eigenvalue weighted by Crippen LogP contribution is -2.14. The van der Waals surface area contributed by atoms with E-state index in [1.54, 1.807) is 24.3 Å². The second kappa shape index (κ2) is 5.95. The van der Waals surface area contributed by atoms with Crippen molar-refractivity contribution in [1.82, 2.24) is 0 Å². The molecule has 2 N–H and O–H groups in total. The lowest BCUT2D eigenvalue weighted by molar-refractivity contribution is -0.115. The summed E-state index contributed by atoms with van der Waals surface area (Å²) in [5.41, 5.74) is 1.20. The van der Waals surface area contributed by atoms with Crippen LogP contribution in [0, 0.1) is 0 Å². The Kier molecular flexibility index (Phi) is 4.30. The predicted octanol–water partition coefficient (Wildman–Crippen LogP) is 3.88. The van der Waals surface area contributed by atoms with E-state index in [9.17, 15) is 9.90 Å². The summed E-state index contributed by atoms with van der Waals surface area (Å²) < 4.78 is 0. The molecule has 0 fully saturated rings. The van der Waals surface area contributed by atoms with Crippen molar-refractivity contribution in [2.75, 3.05) is 5.32 Å². The summed E-state index contributed by atoms with van der Waals surface area (Å²) in [6.07, 6.45) is 0.164. The first kappa shape index (κ1) is 13.7. The summed E-state index contributed by atoms with van der Waals surface area (Å²) in [6.45, 7) is 0. The number of benzene rings is 2. The fourth-order valence-electron chi connectivity index (χ4n) is 1.61. The molecule has 0 spiro atoms. The fourth-order valence-corrected chi connectivity index (χ4v) is 2.04. The second-order valence-corrected chi connectivity index (χ2v) is 4.79. The normalized spacial score (nSPS) is 10.2. The first-order valence-corrected chi connectivity index (χ1v) is 6.33. The average Bonchev–Trinajstić information content (AvgIpc) is 2.36. The van der Waals surface area contributed by atoms with E-state index < -0.39 is 0 Å². The zero-order valence-corrected chi connectivity index (χ0v) is 11.4. The summed E-state index contributed by atoms with van der Waals surface area (Å²) in [6, 6.07) is 11.5. The van der Waals surface area contributed by atoms with Gasteiger partial charge >= 0.3 is 0 Å². The minimum Gasteiger partial charge on any atom is -0.508 e. The molecular formula is C14H11Cl2NO2. The van der Waals surface area contributed by atoms with E-state index in [1.165, 1.54) is 12.1 Å². The van der Waals surface area contributed by atoms with Crippen LogP contribution >= 0.6 is 23.2 Å². The highest BCUT2D eigenvalue weighted by atomic mass is 35.5. The van der Waals surface area contributed by atoms with Crippen LogP contribution in [0.5, 0.6) is 5.75 Å². The van der Waals surface area contributed by atoms with Gasteiger partial charge in [-0.2, -0.15) is 0 Å². The maximum Gasteiger partial charge on any atom is 0.228 e. The van der Waals surface area contributed by atoms with E-state index in [2.05, 4.69) is 5.32 Å². The van der Waals surface area contributed by atoms with Crippen molar-refractivity contribution in [3.05, 3.63) is 58.1 Å². The Morgan fingerprint density at radius 1 is 1.11 bits per heavy atom. The van der Waals surface area contributed by atoms with Gasteiger partial charge in [-0.3, -0.25) is 4.79 Å². The van der Waals surface area contributed by atoms with Gasteiger partial charge < -0.3 is 10.4 Å². The lowest BCUT2D eigenvalue weighted by Gasteiger charge is -2.08. The third-order valence-corrected chi connectivity index (χ3v) is 3.22. The molecule has 0 aliphatic heterocycles. The minimum atomic E-state index is -0.222. The lowest BCUT2D eigenvalue weighted by atomic mass is 10.1.